The first-order chi connectivity index (χ1) is 3.79. The van der Waals surface area contributed by atoms with Crippen LogP contribution in [-0.2, 0) is 0 Å². The molecule has 0 aromatic heterocycles. The van der Waals surface area contributed by atoms with Gasteiger partial charge in [0.15, 0.2) is 0 Å². The van der Waals surface area contributed by atoms with Gasteiger partial charge in [-0.2, -0.15) is 0 Å². The lowest BCUT2D eigenvalue weighted by Crippen LogP contribution is -2.20. The van der Waals surface area contributed by atoms with Gasteiger partial charge in [0.2, 0.25) is 0 Å². The molecule has 0 aromatic carbocycles. The number of hydrogen-bond acceptors (Lipinski definition) is 1. The normalized spacial score (nSPS) is 30.8. The van der Waals surface area contributed by atoms with Crippen molar-refractivity contribution >= 4 is 6.92 Å². The smallest absolute Gasteiger partial charge is 0.289 e. The van der Waals surface area contributed by atoms with E-state index < -0.39 is 0 Å². The van der Waals surface area contributed by atoms with E-state index in [1.165, 1.54) is 12.8 Å². The van der Waals surface area contributed by atoms with Gasteiger partial charge in [-0.3, -0.25) is 0 Å². The summed E-state index contributed by atoms with van der Waals surface area (Å²) in [6, 6.07) is 0. The zero-order valence-electron chi connectivity index (χ0n) is 5.43. The molecule has 8 heavy (non-hydrogen) atoms. The fraction of sp³-hybridized carbons (Fsp3) is 1.00. The minimum Gasteiger partial charge on any atom is -0.450 e. The molecule has 0 amide bonds. The van der Waals surface area contributed by atoms with Crippen molar-refractivity contribution in [3.63, 3.8) is 0 Å². The number of hydrogen-bond donors (Lipinski definition) is 1. The summed E-state index contributed by atoms with van der Waals surface area (Å²) >= 11 is 0. The molecule has 2 heteroatoms. The molecule has 0 spiro atoms. The van der Waals surface area contributed by atoms with E-state index in [1.807, 2.05) is 0 Å². The molecule has 46 valence electrons. The van der Waals surface area contributed by atoms with Crippen LogP contribution in [0.5, 0.6) is 0 Å². The molecule has 1 atom stereocenters. The van der Waals surface area contributed by atoms with E-state index in [1.54, 1.807) is 0 Å². The fourth-order valence-corrected chi connectivity index (χ4v) is 1.40. The maximum absolute atomic E-state index is 9.08. The predicted molar refractivity (Wildman–Crippen MR) is 36.0 cm³/mol. The second-order valence-corrected chi connectivity index (χ2v) is 2.93. The Morgan fingerprint density at radius 3 is 2.75 bits per heavy atom. The maximum Gasteiger partial charge on any atom is 0.289 e. The van der Waals surface area contributed by atoms with Crippen molar-refractivity contribution in [3.8, 4) is 0 Å². The summed E-state index contributed by atoms with van der Waals surface area (Å²) in [4.78, 5) is 0. The van der Waals surface area contributed by atoms with Crippen LogP contribution in [0, 0.1) is 5.92 Å². The summed E-state index contributed by atoms with van der Waals surface area (Å²) in [7, 11) is 0. The first kappa shape index (κ1) is 6.15. The van der Waals surface area contributed by atoms with Crippen molar-refractivity contribution in [2.45, 2.75) is 32.4 Å². The van der Waals surface area contributed by atoms with E-state index in [-0.39, 0.29) is 6.92 Å². The lowest BCUT2D eigenvalue weighted by atomic mass is 9.54. The summed E-state index contributed by atoms with van der Waals surface area (Å²) in [5, 5.41) is 9.08. The summed E-state index contributed by atoms with van der Waals surface area (Å²) in [6.45, 7) is 2.22. The number of rotatable bonds is 0. The van der Waals surface area contributed by atoms with Crippen LogP contribution in [0.2, 0.25) is 12.6 Å². The molecule has 0 aliphatic carbocycles. The Morgan fingerprint density at radius 2 is 2.38 bits per heavy atom. The second kappa shape index (κ2) is 2.54. The standard InChI is InChI=1S/C6H13BO/c1-6-3-2-4-7(8)5-6/h6,8H,2-5H2,1H3. The highest BCUT2D eigenvalue weighted by Crippen LogP contribution is 2.22. The molecule has 1 aliphatic heterocycles. The van der Waals surface area contributed by atoms with Crippen LogP contribution in [0.25, 0.3) is 0 Å². The molecule has 0 radical (unpaired) electrons. The summed E-state index contributed by atoms with van der Waals surface area (Å²) in [5.74, 6) is 0.763. The summed E-state index contributed by atoms with van der Waals surface area (Å²) < 4.78 is 0. The van der Waals surface area contributed by atoms with E-state index in [0.717, 1.165) is 18.6 Å². The van der Waals surface area contributed by atoms with Crippen LogP contribution in [0.1, 0.15) is 19.8 Å². The molecule has 1 nitrogen and oxygen atoms in total. The Balaban J connectivity index is 2.23. The minimum absolute atomic E-state index is 0.0127. The van der Waals surface area contributed by atoms with Crippen molar-refractivity contribution in [2.24, 2.45) is 5.92 Å². The molecule has 1 N–H and O–H groups in total. The summed E-state index contributed by atoms with van der Waals surface area (Å²) in [6.07, 6.45) is 4.60. The molecule has 0 bridgehead atoms. The quantitative estimate of drug-likeness (QED) is 0.469. The molecule has 1 fully saturated rings. The topological polar surface area (TPSA) is 20.2 Å². The van der Waals surface area contributed by atoms with Crippen LogP contribution in [0.4, 0.5) is 0 Å². The van der Waals surface area contributed by atoms with E-state index in [9.17, 15) is 0 Å². The summed E-state index contributed by atoms with van der Waals surface area (Å²) in [5.41, 5.74) is 0. The van der Waals surface area contributed by atoms with Crippen molar-refractivity contribution in [2.75, 3.05) is 0 Å². The Hall–Kier alpha value is 0.0249. The van der Waals surface area contributed by atoms with Crippen LogP contribution in [-0.4, -0.2) is 11.9 Å². The van der Waals surface area contributed by atoms with Crippen molar-refractivity contribution in [3.05, 3.63) is 0 Å². The Kier molecular flexibility index (Phi) is 1.95. The molecular formula is C6H13BO. The van der Waals surface area contributed by atoms with Crippen molar-refractivity contribution in [1.29, 1.82) is 0 Å². The molecule has 1 unspecified atom stereocenters. The monoisotopic (exact) mass is 112 g/mol. The molecule has 1 rings (SSSR count). The van der Waals surface area contributed by atoms with Gasteiger partial charge in [-0.25, -0.2) is 0 Å². The molecule has 1 saturated heterocycles. The van der Waals surface area contributed by atoms with Gasteiger partial charge in [0, 0.05) is 0 Å². The minimum atomic E-state index is 0.0127. The van der Waals surface area contributed by atoms with Gasteiger partial charge in [-0.15, -0.1) is 0 Å². The van der Waals surface area contributed by atoms with Gasteiger partial charge in [0.05, 0.1) is 0 Å². The van der Waals surface area contributed by atoms with Crippen molar-refractivity contribution < 1.29 is 5.02 Å². The van der Waals surface area contributed by atoms with Gasteiger partial charge < -0.3 is 5.02 Å². The van der Waals surface area contributed by atoms with Gasteiger partial charge in [-0.05, 0) is 18.6 Å². The van der Waals surface area contributed by atoms with Gasteiger partial charge in [-0.1, -0.05) is 19.8 Å². The van der Waals surface area contributed by atoms with Crippen molar-refractivity contribution in [1.82, 2.24) is 0 Å². The maximum atomic E-state index is 9.08. The third-order valence-electron chi connectivity index (χ3n) is 1.91. The van der Waals surface area contributed by atoms with Crippen LogP contribution < -0.4 is 0 Å². The Morgan fingerprint density at radius 1 is 1.62 bits per heavy atom. The highest BCUT2D eigenvalue weighted by Gasteiger charge is 2.19. The largest absolute Gasteiger partial charge is 0.450 e. The highest BCUT2D eigenvalue weighted by atomic mass is 16.2. The zero-order valence-corrected chi connectivity index (χ0v) is 5.43. The van der Waals surface area contributed by atoms with Gasteiger partial charge in [0.1, 0.15) is 0 Å². The Labute approximate surface area is 51.2 Å². The zero-order chi connectivity index (χ0) is 5.98. The third-order valence-corrected chi connectivity index (χ3v) is 1.91. The van der Waals surface area contributed by atoms with E-state index in [2.05, 4.69) is 6.92 Å². The van der Waals surface area contributed by atoms with Gasteiger partial charge >= 0.3 is 0 Å². The predicted octanol–water partition coefficient (Wildman–Crippen LogP) is 1.40. The average Bonchev–Trinajstić information content (AvgIpc) is 1.64. The van der Waals surface area contributed by atoms with Crippen LogP contribution in [0.3, 0.4) is 0 Å². The van der Waals surface area contributed by atoms with Gasteiger partial charge in [0.25, 0.3) is 6.92 Å². The average molecular weight is 112 g/mol. The van der Waals surface area contributed by atoms with E-state index >= 15 is 0 Å². The lowest BCUT2D eigenvalue weighted by Gasteiger charge is -2.18. The Bertz CT molecular complexity index is 66.9. The van der Waals surface area contributed by atoms with Crippen LogP contribution >= 0.6 is 0 Å². The first-order valence-electron chi connectivity index (χ1n) is 3.47. The molecule has 1 heterocycles. The second-order valence-electron chi connectivity index (χ2n) is 2.93. The molecule has 0 aromatic rings. The molecular weight excluding hydrogens is 98.9 g/mol. The van der Waals surface area contributed by atoms with Crippen LogP contribution in [0.15, 0.2) is 0 Å². The van der Waals surface area contributed by atoms with E-state index in [0.29, 0.717) is 0 Å². The first-order valence-corrected chi connectivity index (χ1v) is 3.47. The SMILES string of the molecule is CC1CCCB(O)C1. The third kappa shape index (κ3) is 1.51. The molecule has 1 aliphatic rings. The lowest BCUT2D eigenvalue weighted by molar-refractivity contribution is 0.471. The molecule has 0 saturated carbocycles. The van der Waals surface area contributed by atoms with E-state index in [4.69, 9.17) is 5.02 Å². The highest BCUT2D eigenvalue weighted by molar-refractivity contribution is 6.50. The fourth-order valence-electron chi connectivity index (χ4n) is 1.40.